The van der Waals surface area contributed by atoms with Gasteiger partial charge in [-0.15, -0.1) is 0 Å². The van der Waals surface area contributed by atoms with Crippen LogP contribution in [0.1, 0.15) is 31.0 Å². The second kappa shape index (κ2) is 4.51. The summed E-state index contributed by atoms with van der Waals surface area (Å²) in [5.41, 5.74) is 1.16. The quantitative estimate of drug-likeness (QED) is 0.605. The van der Waals surface area contributed by atoms with Gasteiger partial charge in [-0.2, -0.15) is 0 Å². The molecule has 1 aromatic heterocycles. The van der Waals surface area contributed by atoms with Crippen LogP contribution in [-0.2, 0) is 18.5 Å². The molecule has 1 rings (SSSR count). The Kier molecular flexibility index (Phi) is 3.75. The van der Waals surface area contributed by atoms with Gasteiger partial charge in [0.05, 0.1) is 0 Å². The zero-order chi connectivity index (χ0) is 11.7. The highest BCUT2D eigenvalue weighted by Gasteiger charge is 2.16. The van der Waals surface area contributed by atoms with E-state index in [1.807, 2.05) is 13.8 Å². The smallest absolute Gasteiger partial charge is 0.300 e. The van der Waals surface area contributed by atoms with Gasteiger partial charge in [-0.1, -0.05) is 36.4 Å². The maximum Gasteiger partial charge on any atom is 0.330 e. The molecule has 0 aliphatic carbocycles. The van der Waals surface area contributed by atoms with Crippen LogP contribution in [0.5, 0.6) is 0 Å². The zero-order valence-corrected chi connectivity index (χ0v) is 11.5. The lowest BCUT2D eigenvalue weighted by atomic mass is 10.0. The molecule has 15 heavy (non-hydrogen) atoms. The van der Waals surface area contributed by atoms with Crippen molar-refractivity contribution in [1.29, 1.82) is 0 Å². The molecule has 0 saturated heterocycles. The van der Waals surface area contributed by atoms with Gasteiger partial charge in [0.1, 0.15) is 0 Å². The molecule has 1 heterocycles. The number of hydrogen-bond acceptors (Lipinski definition) is 2. The lowest BCUT2D eigenvalue weighted by Crippen LogP contribution is -2.41. The fourth-order valence-corrected chi connectivity index (χ4v) is 2.58. The van der Waals surface area contributed by atoms with Gasteiger partial charge in [-0.3, -0.25) is 13.9 Å². The van der Waals surface area contributed by atoms with Gasteiger partial charge in [-0.25, -0.2) is 4.79 Å². The molecule has 0 aliphatic rings. The van der Waals surface area contributed by atoms with E-state index in [1.165, 1.54) is 11.6 Å². The number of halogens is 1. The molecule has 0 unspecified atom stereocenters. The zero-order valence-electron chi connectivity index (χ0n) is 9.37. The van der Waals surface area contributed by atoms with Crippen LogP contribution in [0.25, 0.3) is 0 Å². The molecule has 0 atom stereocenters. The lowest BCUT2D eigenvalue weighted by Gasteiger charge is -2.15. The van der Waals surface area contributed by atoms with Crippen LogP contribution in [0.4, 0.5) is 0 Å². The largest absolute Gasteiger partial charge is 0.330 e. The molecule has 5 heteroatoms. The molecular formula is C10H15IN2O2. The predicted molar refractivity (Wildman–Crippen MR) is 68.7 cm³/mol. The van der Waals surface area contributed by atoms with E-state index < -0.39 is 0 Å². The third kappa shape index (κ3) is 2.02. The van der Waals surface area contributed by atoms with Gasteiger partial charge in [0.2, 0.25) is 0 Å². The molecule has 0 spiro atoms. The number of rotatable bonds is 2. The highest BCUT2D eigenvalue weighted by atomic mass is 127. The summed E-state index contributed by atoms with van der Waals surface area (Å²) in [6, 6.07) is 0. The minimum absolute atomic E-state index is 0.139. The Balaban J connectivity index is 3.79. The maximum atomic E-state index is 11.9. The molecule has 0 aromatic carbocycles. The van der Waals surface area contributed by atoms with E-state index in [0.717, 1.165) is 11.3 Å². The predicted octanol–water partition coefficient (Wildman–Crippen LogP) is 1.14. The third-order valence-electron chi connectivity index (χ3n) is 2.53. The Morgan fingerprint density at radius 1 is 1.20 bits per heavy atom. The summed E-state index contributed by atoms with van der Waals surface area (Å²) < 4.78 is 3.40. The summed E-state index contributed by atoms with van der Waals surface area (Å²) in [5.74, 6) is 0.139. The van der Waals surface area contributed by atoms with Crippen LogP contribution >= 0.6 is 22.6 Å². The summed E-state index contributed by atoms with van der Waals surface area (Å²) >= 11 is 2.18. The normalized spacial score (nSPS) is 11.1. The van der Waals surface area contributed by atoms with Gasteiger partial charge in [-0.05, 0) is 5.92 Å². The van der Waals surface area contributed by atoms with E-state index in [1.54, 1.807) is 11.6 Å². The summed E-state index contributed by atoms with van der Waals surface area (Å²) in [6.45, 7) is 3.94. The molecule has 0 saturated carbocycles. The molecule has 1 aromatic rings. The van der Waals surface area contributed by atoms with Crippen LogP contribution in [0.3, 0.4) is 0 Å². The second-order valence-corrected chi connectivity index (χ2v) is 4.62. The summed E-state index contributed by atoms with van der Waals surface area (Å²) in [5, 5.41) is 0. The molecule has 0 fully saturated rings. The third-order valence-corrected chi connectivity index (χ3v) is 3.25. The highest BCUT2D eigenvalue weighted by molar-refractivity contribution is 14.1. The Morgan fingerprint density at radius 3 is 2.13 bits per heavy atom. The van der Waals surface area contributed by atoms with Gasteiger partial charge >= 0.3 is 5.69 Å². The first-order valence-corrected chi connectivity index (χ1v) is 6.29. The number of alkyl halides is 1. The molecule has 0 N–H and O–H groups in total. The van der Waals surface area contributed by atoms with E-state index in [2.05, 4.69) is 22.6 Å². The van der Waals surface area contributed by atoms with Crippen molar-refractivity contribution < 1.29 is 0 Å². The van der Waals surface area contributed by atoms with Crippen molar-refractivity contribution in [3.8, 4) is 0 Å². The van der Waals surface area contributed by atoms with Gasteiger partial charge in [0, 0.05) is 29.8 Å². The lowest BCUT2D eigenvalue weighted by molar-refractivity contribution is 0.632. The molecule has 0 bridgehead atoms. The van der Waals surface area contributed by atoms with Crippen molar-refractivity contribution in [1.82, 2.24) is 9.13 Å². The molecule has 0 aliphatic heterocycles. The molecule has 4 nitrogen and oxygen atoms in total. The minimum atomic E-state index is -0.254. The SMILES string of the molecule is CC(C)c1c(CI)n(C)c(=O)n(C)c1=O. The van der Waals surface area contributed by atoms with Crippen LogP contribution in [0, 0.1) is 0 Å². The maximum absolute atomic E-state index is 11.9. The fourth-order valence-electron chi connectivity index (χ4n) is 1.65. The van der Waals surface area contributed by atoms with E-state index in [-0.39, 0.29) is 17.2 Å². The molecule has 0 amide bonds. The Morgan fingerprint density at radius 2 is 1.73 bits per heavy atom. The molecule has 0 radical (unpaired) electrons. The van der Waals surface area contributed by atoms with Crippen LogP contribution in [0.2, 0.25) is 0 Å². The van der Waals surface area contributed by atoms with E-state index in [4.69, 9.17) is 0 Å². The van der Waals surface area contributed by atoms with Crippen molar-refractivity contribution in [3.63, 3.8) is 0 Å². The summed E-state index contributed by atoms with van der Waals surface area (Å²) in [7, 11) is 3.23. The van der Waals surface area contributed by atoms with Crippen LogP contribution in [0.15, 0.2) is 9.59 Å². The highest BCUT2D eigenvalue weighted by Crippen LogP contribution is 2.16. The van der Waals surface area contributed by atoms with Crippen molar-refractivity contribution in [2.45, 2.75) is 24.2 Å². The first-order valence-electron chi connectivity index (χ1n) is 4.76. The second-order valence-electron chi connectivity index (χ2n) is 3.85. The number of nitrogens with zero attached hydrogens (tertiary/aromatic N) is 2. The molecule has 84 valence electrons. The van der Waals surface area contributed by atoms with Crippen molar-refractivity contribution in [2.75, 3.05) is 0 Å². The van der Waals surface area contributed by atoms with Crippen molar-refractivity contribution in [2.24, 2.45) is 14.1 Å². The van der Waals surface area contributed by atoms with E-state index >= 15 is 0 Å². The first kappa shape index (κ1) is 12.5. The summed E-state index contributed by atoms with van der Waals surface area (Å²) in [6.07, 6.45) is 0. The monoisotopic (exact) mass is 322 g/mol. The van der Waals surface area contributed by atoms with Crippen LogP contribution in [-0.4, -0.2) is 9.13 Å². The van der Waals surface area contributed by atoms with Gasteiger partial charge < -0.3 is 0 Å². The Labute approximate surface area is 102 Å². The van der Waals surface area contributed by atoms with E-state index in [0.29, 0.717) is 4.43 Å². The van der Waals surface area contributed by atoms with E-state index in [9.17, 15) is 9.59 Å². The average Bonchev–Trinajstić information content (AvgIpc) is 2.19. The Hall–Kier alpha value is -0.590. The number of aromatic nitrogens is 2. The Bertz CT molecular complexity index is 485. The van der Waals surface area contributed by atoms with Crippen molar-refractivity contribution >= 4 is 22.6 Å². The molecular weight excluding hydrogens is 307 g/mol. The van der Waals surface area contributed by atoms with Gasteiger partial charge in [0.25, 0.3) is 5.56 Å². The fraction of sp³-hybridized carbons (Fsp3) is 0.600. The topological polar surface area (TPSA) is 44.0 Å². The summed E-state index contributed by atoms with van der Waals surface area (Å²) in [4.78, 5) is 23.6. The van der Waals surface area contributed by atoms with Crippen molar-refractivity contribution in [3.05, 3.63) is 32.1 Å². The first-order chi connectivity index (χ1) is 6.91. The van der Waals surface area contributed by atoms with Crippen LogP contribution < -0.4 is 11.2 Å². The van der Waals surface area contributed by atoms with Gasteiger partial charge in [0.15, 0.2) is 0 Å². The minimum Gasteiger partial charge on any atom is -0.300 e. The average molecular weight is 322 g/mol. The number of hydrogen-bond donors (Lipinski definition) is 0. The standard InChI is InChI=1S/C10H15IN2O2/c1-6(2)8-7(5-11)12(3)10(15)13(4)9(8)14/h6H,5H2,1-4H3.